The molecule has 0 radical (unpaired) electrons. The molecule has 0 bridgehead atoms. The molecule has 1 amide bonds. The Morgan fingerprint density at radius 1 is 0.950 bits per heavy atom. The first-order chi connectivity index (χ1) is 9.41. The number of nitrogens with zero attached hydrogens (tertiary/aromatic N) is 1. The van der Waals surface area contributed by atoms with Crippen molar-refractivity contribution in [2.45, 2.75) is 53.4 Å². The molecular weight excluding hydrogens is 252 g/mol. The van der Waals surface area contributed by atoms with Crippen LogP contribution in [0.1, 0.15) is 53.4 Å². The highest BCUT2D eigenvalue weighted by Crippen LogP contribution is 2.11. The number of hydrogen-bond acceptors (Lipinski definition) is 2. The van der Waals surface area contributed by atoms with Crippen LogP contribution in [-0.4, -0.2) is 38.5 Å². The molecule has 0 aliphatic heterocycles. The number of carbonyl (C=O) groups excluding carboxylic acids is 1. The Morgan fingerprint density at radius 3 is 2.10 bits per heavy atom. The van der Waals surface area contributed by atoms with Crippen LogP contribution >= 0.6 is 0 Å². The van der Waals surface area contributed by atoms with Crippen LogP contribution in [0.3, 0.4) is 0 Å². The third-order valence-corrected chi connectivity index (χ3v) is 2.93. The third kappa shape index (κ3) is 9.64. The fourth-order valence-electron chi connectivity index (χ4n) is 1.60. The van der Waals surface area contributed by atoms with E-state index in [1.54, 1.807) is 7.05 Å². The van der Waals surface area contributed by atoms with Crippen molar-refractivity contribution in [1.82, 2.24) is 16.0 Å². The van der Waals surface area contributed by atoms with E-state index >= 15 is 0 Å². The Labute approximate surface area is 124 Å². The number of amides is 1. The van der Waals surface area contributed by atoms with Crippen LogP contribution in [0.25, 0.3) is 0 Å². The van der Waals surface area contributed by atoms with Crippen LogP contribution in [0.2, 0.25) is 0 Å². The summed E-state index contributed by atoms with van der Waals surface area (Å²) in [6.07, 6.45) is 4.95. The second-order valence-electron chi connectivity index (χ2n) is 5.99. The van der Waals surface area contributed by atoms with Crippen molar-refractivity contribution in [1.29, 1.82) is 0 Å². The Kier molecular flexibility index (Phi) is 9.86. The maximum atomic E-state index is 11.7. The summed E-state index contributed by atoms with van der Waals surface area (Å²) in [7, 11) is 1.76. The van der Waals surface area contributed by atoms with Gasteiger partial charge in [0, 0.05) is 32.1 Å². The van der Waals surface area contributed by atoms with Crippen molar-refractivity contribution >= 4 is 11.9 Å². The molecule has 0 aromatic heterocycles. The maximum absolute atomic E-state index is 11.7. The lowest BCUT2D eigenvalue weighted by atomic mass is 9.96. The minimum Gasteiger partial charge on any atom is -0.356 e. The Morgan fingerprint density at radius 2 is 1.55 bits per heavy atom. The van der Waals surface area contributed by atoms with Gasteiger partial charge in [0.1, 0.15) is 0 Å². The molecule has 0 rings (SSSR count). The minimum atomic E-state index is -0.334. The van der Waals surface area contributed by atoms with Gasteiger partial charge in [-0.3, -0.25) is 9.79 Å². The molecular formula is C15H32N4O. The van der Waals surface area contributed by atoms with E-state index in [9.17, 15) is 4.79 Å². The highest BCUT2D eigenvalue weighted by molar-refractivity contribution is 5.81. The monoisotopic (exact) mass is 284 g/mol. The van der Waals surface area contributed by atoms with Crippen LogP contribution < -0.4 is 16.0 Å². The van der Waals surface area contributed by atoms with Gasteiger partial charge in [0.25, 0.3) is 0 Å². The van der Waals surface area contributed by atoms with E-state index in [1.165, 1.54) is 19.3 Å². The van der Waals surface area contributed by atoms with E-state index in [0.29, 0.717) is 13.1 Å². The summed E-state index contributed by atoms with van der Waals surface area (Å²) in [6, 6.07) is 0. The van der Waals surface area contributed by atoms with Crippen LogP contribution in [0.5, 0.6) is 0 Å². The minimum absolute atomic E-state index is 0.0711. The van der Waals surface area contributed by atoms with Gasteiger partial charge in [0.05, 0.1) is 0 Å². The second-order valence-corrected chi connectivity index (χ2v) is 5.99. The third-order valence-electron chi connectivity index (χ3n) is 2.93. The first kappa shape index (κ1) is 18.7. The zero-order valence-corrected chi connectivity index (χ0v) is 13.8. The van der Waals surface area contributed by atoms with E-state index in [-0.39, 0.29) is 11.3 Å². The van der Waals surface area contributed by atoms with E-state index in [4.69, 9.17) is 0 Å². The van der Waals surface area contributed by atoms with Crippen molar-refractivity contribution in [3.8, 4) is 0 Å². The number of unbranched alkanes of at least 4 members (excludes halogenated alkanes) is 3. The number of carbonyl (C=O) groups is 1. The molecule has 0 aliphatic rings. The Hall–Kier alpha value is -1.26. The summed E-state index contributed by atoms with van der Waals surface area (Å²) in [5.41, 5.74) is -0.334. The number of rotatable bonds is 8. The lowest BCUT2D eigenvalue weighted by molar-refractivity contribution is -0.128. The largest absolute Gasteiger partial charge is 0.356 e. The normalized spacial score (nSPS) is 12.2. The van der Waals surface area contributed by atoms with Crippen molar-refractivity contribution in [3.05, 3.63) is 0 Å². The summed E-state index contributed by atoms with van der Waals surface area (Å²) in [5, 5.41) is 9.37. The van der Waals surface area contributed by atoms with Gasteiger partial charge in [0.15, 0.2) is 5.96 Å². The van der Waals surface area contributed by atoms with Crippen LogP contribution in [0.15, 0.2) is 4.99 Å². The van der Waals surface area contributed by atoms with Crippen molar-refractivity contribution in [2.75, 3.05) is 26.7 Å². The summed E-state index contributed by atoms with van der Waals surface area (Å²) in [4.78, 5) is 15.8. The van der Waals surface area contributed by atoms with Crippen molar-refractivity contribution in [3.63, 3.8) is 0 Å². The van der Waals surface area contributed by atoms with Gasteiger partial charge in [-0.25, -0.2) is 0 Å². The fraction of sp³-hybridized carbons (Fsp3) is 0.867. The predicted molar refractivity (Wildman–Crippen MR) is 86.0 cm³/mol. The van der Waals surface area contributed by atoms with Gasteiger partial charge >= 0.3 is 0 Å². The topological polar surface area (TPSA) is 65.5 Å². The highest BCUT2D eigenvalue weighted by atomic mass is 16.2. The molecule has 0 saturated heterocycles. The quantitative estimate of drug-likeness (QED) is 0.362. The molecule has 0 aromatic carbocycles. The summed E-state index contributed by atoms with van der Waals surface area (Å²) >= 11 is 0. The maximum Gasteiger partial charge on any atom is 0.225 e. The summed E-state index contributed by atoms with van der Waals surface area (Å²) in [6.45, 7) is 10.2. The lowest BCUT2D eigenvalue weighted by Crippen LogP contribution is -2.43. The molecule has 0 aromatic rings. The molecule has 0 unspecified atom stereocenters. The SMILES string of the molecule is CCCCCCNC(=NC)NCCNC(=O)C(C)(C)C. The van der Waals surface area contributed by atoms with Gasteiger partial charge in [-0.05, 0) is 6.42 Å². The first-order valence-electron chi connectivity index (χ1n) is 7.64. The summed E-state index contributed by atoms with van der Waals surface area (Å²) < 4.78 is 0. The Bertz CT molecular complexity index is 295. The van der Waals surface area contributed by atoms with Crippen LogP contribution in [0, 0.1) is 5.41 Å². The molecule has 5 heteroatoms. The molecule has 0 heterocycles. The molecule has 0 spiro atoms. The molecule has 0 saturated carbocycles. The van der Waals surface area contributed by atoms with Crippen LogP contribution in [0.4, 0.5) is 0 Å². The van der Waals surface area contributed by atoms with Gasteiger partial charge in [0.2, 0.25) is 5.91 Å². The van der Waals surface area contributed by atoms with Crippen LogP contribution in [-0.2, 0) is 4.79 Å². The molecule has 20 heavy (non-hydrogen) atoms. The zero-order valence-electron chi connectivity index (χ0n) is 13.8. The molecule has 3 N–H and O–H groups in total. The van der Waals surface area contributed by atoms with Gasteiger partial charge in [-0.15, -0.1) is 0 Å². The molecule has 5 nitrogen and oxygen atoms in total. The fourth-order valence-corrected chi connectivity index (χ4v) is 1.60. The lowest BCUT2D eigenvalue weighted by Gasteiger charge is -2.18. The van der Waals surface area contributed by atoms with E-state index in [2.05, 4.69) is 27.9 Å². The number of aliphatic imine (C=N–C) groups is 1. The second kappa shape index (κ2) is 10.5. The highest BCUT2D eigenvalue weighted by Gasteiger charge is 2.20. The number of guanidine groups is 1. The smallest absolute Gasteiger partial charge is 0.225 e. The standard InChI is InChI=1S/C15H32N4O/c1-6-7-8-9-10-18-14(16-5)19-12-11-17-13(20)15(2,3)4/h6-12H2,1-5H3,(H,17,20)(H2,16,18,19). The first-order valence-corrected chi connectivity index (χ1v) is 7.64. The molecule has 118 valence electrons. The average Bonchev–Trinajstić information content (AvgIpc) is 2.39. The van der Waals surface area contributed by atoms with Crippen molar-refractivity contribution < 1.29 is 4.79 Å². The van der Waals surface area contributed by atoms with Gasteiger partial charge < -0.3 is 16.0 Å². The van der Waals surface area contributed by atoms with E-state index in [0.717, 1.165) is 18.9 Å². The molecule has 0 fully saturated rings. The van der Waals surface area contributed by atoms with E-state index < -0.39 is 0 Å². The van der Waals surface area contributed by atoms with E-state index in [1.807, 2.05) is 20.8 Å². The number of hydrogen-bond donors (Lipinski definition) is 3. The Balaban J connectivity index is 3.68. The van der Waals surface area contributed by atoms with Gasteiger partial charge in [-0.2, -0.15) is 0 Å². The average molecular weight is 284 g/mol. The molecule has 0 atom stereocenters. The van der Waals surface area contributed by atoms with Crippen molar-refractivity contribution in [2.24, 2.45) is 10.4 Å². The molecule has 0 aliphatic carbocycles. The van der Waals surface area contributed by atoms with Gasteiger partial charge in [-0.1, -0.05) is 47.0 Å². The predicted octanol–water partition coefficient (Wildman–Crippen LogP) is 1.89. The zero-order chi connectivity index (χ0) is 15.4. The number of nitrogens with one attached hydrogen (secondary N) is 3. The summed E-state index contributed by atoms with van der Waals surface area (Å²) in [5.74, 6) is 0.869.